The van der Waals surface area contributed by atoms with Crippen molar-refractivity contribution in [1.29, 1.82) is 0 Å². The Bertz CT molecular complexity index is 1350. The fourth-order valence-corrected chi connectivity index (χ4v) is 5.50. The van der Waals surface area contributed by atoms with Crippen LogP contribution in [0.25, 0.3) is 0 Å². The Morgan fingerprint density at radius 3 is 1.91 bits per heavy atom. The number of hydrogen-bond donors (Lipinski definition) is 0. The van der Waals surface area contributed by atoms with E-state index in [1.54, 1.807) is 7.05 Å². The lowest BCUT2D eigenvalue weighted by molar-refractivity contribution is -0.146. The Hall–Kier alpha value is -3.49. The van der Waals surface area contributed by atoms with E-state index in [9.17, 15) is 49.1 Å². The number of benzene rings is 2. The number of amides is 1. The van der Waals surface area contributed by atoms with Gasteiger partial charge in [-0.1, -0.05) is 32.3 Å². The first-order chi connectivity index (χ1) is 21.8. The topological polar surface area (TPSA) is 59.1 Å². The molecule has 1 aliphatic carbocycles. The Morgan fingerprint density at radius 2 is 1.43 bits per heavy atom. The highest BCUT2D eigenvalue weighted by molar-refractivity contribution is 5.72. The Kier molecular flexibility index (Phi) is 12.2. The zero-order valence-electron chi connectivity index (χ0n) is 26.3. The highest BCUT2D eigenvalue weighted by Crippen LogP contribution is 2.41. The lowest BCUT2D eigenvalue weighted by Gasteiger charge is -2.25. The van der Waals surface area contributed by atoms with Crippen molar-refractivity contribution in [3.8, 4) is 0 Å². The van der Waals surface area contributed by atoms with Crippen LogP contribution in [0, 0.1) is 5.92 Å². The molecule has 0 aromatic heterocycles. The van der Waals surface area contributed by atoms with Crippen molar-refractivity contribution < 1.29 is 58.6 Å². The number of methoxy groups -OCH3 is 1. The number of carbonyl (C=O) groups excluding carboxylic acids is 2. The molecule has 2 aromatic carbocycles. The number of alkyl halides is 9. The molecule has 0 bridgehead atoms. The number of carbonyl (C=O) groups is 2. The second-order valence-corrected chi connectivity index (χ2v) is 11.7. The van der Waals surface area contributed by atoms with Crippen LogP contribution in [0.5, 0.6) is 0 Å². The van der Waals surface area contributed by atoms with E-state index in [-0.39, 0.29) is 30.1 Å². The maximum absolute atomic E-state index is 13.3. The van der Waals surface area contributed by atoms with E-state index in [1.165, 1.54) is 39.4 Å². The number of esters is 1. The highest BCUT2D eigenvalue weighted by Gasteiger charge is 2.43. The first kappa shape index (κ1) is 38.0. The molecular formula is C32H37F9N2O4. The fraction of sp³-hybridized carbons (Fsp3) is 0.562. The number of halogens is 9. The van der Waals surface area contributed by atoms with Crippen LogP contribution in [0.1, 0.15) is 85.4 Å². The molecule has 2 fully saturated rings. The second kappa shape index (κ2) is 15.2. The van der Waals surface area contributed by atoms with E-state index < -0.39 is 65.6 Å². The molecule has 262 valence electrons. The maximum atomic E-state index is 13.3. The molecule has 1 aliphatic heterocycles. The van der Waals surface area contributed by atoms with Gasteiger partial charge in [-0.15, -0.1) is 0 Å². The van der Waals surface area contributed by atoms with Gasteiger partial charge in [-0.2, -0.15) is 39.5 Å². The number of hydrogen-bond acceptors (Lipinski definition) is 5. The molecule has 2 unspecified atom stereocenters. The summed E-state index contributed by atoms with van der Waals surface area (Å²) in [7, 11) is 3.20. The number of rotatable bonds is 7. The van der Waals surface area contributed by atoms with Gasteiger partial charge in [0.1, 0.15) is 6.10 Å². The molecule has 1 heterocycles. The Morgan fingerprint density at radius 1 is 0.872 bits per heavy atom. The van der Waals surface area contributed by atoms with Crippen molar-refractivity contribution in [3.05, 3.63) is 69.8 Å². The monoisotopic (exact) mass is 684 g/mol. The van der Waals surface area contributed by atoms with Crippen molar-refractivity contribution in [2.45, 2.75) is 89.7 Å². The van der Waals surface area contributed by atoms with Crippen molar-refractivity contribution in [1.82, 2.24) is 9.80 Å². The summed E-state index contributed by atoms with van der Waals surface area (Å²) in [5, 5.41) is 0. The van der Waals surface area contributed by atoms with Gasteiger partial charge >= 0.3 is 30.6 Å². The molecule has 6 nitrogen and oxygen atoms in total. The van der Waals surface area contributed by atoms with Crippen molar-refractivity contribution in [2.24, 2.45) is 5.92 Å². The lowest BCUT2D eigenvalue weighted by atomic mass is 9.89. The smallest absolute Gasteiger partial charge is 0.416 e. The second-order valence-electron chi connectivity index (χ2n) is 11.7. The SMILES string of the molecule is CCN(C)Cc1ccc(C(F)(F)F)cc1CN1C(=O)OC(c2cc(C(F)(F)F)cc(C(F)(F)F)c2)C1C.COC(=O)C1CCCCC1. The summed E-state index contributed by atoms with van der Waals surface area (Å²) in [4.78, 5) is 26.4. The molecule has 2 atom stereocenters. The van der Waals surface area contributed by atoms with Crippen LogP contribution in [0.2, 0.25) is 0 Å². The van der Waals surface area contributed by atoms with Crippen molar-refractivity contribution in [3.63, 3.8) is 0 Å². The summed E-state index contributed by atoms with van der Waals surface area (Å²) < 4.78 is 130. The molecule has 1 amide bonds. The summed E-state index contributed by atoms with van der Waals surface area (Å²) in [6, 6.07) is 2.87. The zero-order valence-corrected chi connectivity index (χ0v) is 26.3. The molecule has 4 rings (SSSR count). The predicted octanol–water partition coefficient (Wildman–Crippen LogP) is 9.02. The predicted molar refractivity (Wildman–Crippen MR) is 153 cm³/mol. The van der Waals surface area contributed by atoms with E-state index in [4.69, 9.17) is 4.74 Å². The van der Waals surface area contributed by atoms with E-state index in [2.05, 4.69) is 4.74 Å². The lowest BCUT2D eigenvalue weighted by Crippen LogP contribution is -2.32. The van der Waals surface area contributed by atoms with E-state index >= 15 is 0 Å². The summed E-state index contributed by atoms with van der Waals surface area (Å²) >= 11 is 0. The van der Waals surface area contributed by atoms with Crippen LogP contribution in [0.3, 0.4) is 0 Å². The zero-order chi connectivity index (χ0) is 35.3. The minimum absolute atomic E-state index is 0.0142. The Balaban J connectivity index is 0.000000511. The molecule has 0 spiro atoms. The quantitative estimate of drug-likeness (QED) is 0.215. The standard InChI is InChI=1S/C24H23F9N2O2.C8H14O2/c1-4-34(3)11-14-5-6-17(22(25,26)27)9-16(14)12-35-13(2)20(37-21(35)36)15-7-18(23(28,29)30)10-19(8-15)24(31,32)33;1-10-8(9)7-5-3-2-4-6-7/h5-10,13,20H,4,11-12H2,1-3H3;7H,2-6H2,1H3. The van der Waals surface area contributed by atoms with E-state index in [0.29, 0.717) is 24.2 Å². The molecule has 0 radical (unpaired) electrons. The summed E-state index contributed by atoms with van der Waals surface area (Å²) in [6.45, 7) is 3.60. The van der Waals surface area contributed by atoms with Gasteiger partial charge in [0, 0.05) is 13.1 Å². The molecule has 1 saturated carbocycles. The molecule has 15 heteroatoms. The van der Waals surface area contributed by atoms with Gasteiger partial charge in [-0.25, -0.2) is 4.79 Å². The summed E-state index contributed by atoms with van der Waals surface area (Å²) in [5.41, 5.74) is -4.03. The van der Waals surface area contributed by atoms with Crippen LogP contribution < -0.4 is 0 Å². The molecule has 1 saturated heterocycles. The molecule has 47 heavy (non-hydrogen) atoms. The van der Waals surface area contributed by atoms with Crippen molar-refractivity contribution in [2.75, 3.05) is 20.7 Å². The average Bonchev–Trinajstić information content (AvgIpc) is 3.29. The Labute approximate surface area is 266 Å². The largest absolute Gasteiger partial charge is 0.469 e. The molecule has 0 N–H and O–H groups in total. The normalized spacial score (nSPS) is 19.4. The van der Waals surface area contributed by atoms with Gasteiger partial charge in [0.15, 0.2) is 0 Å². The first-order valence-electron chi connectivity index (χ1n) is 15.0. The van der Waals surface area contributed by atoms with Crippen molar-refractivity contribution >= 4 is 12.1 Å². The third-order valence-electron chi connectivity index (χ3n) is 8.32. The fourth-order valence-electron chi connectivity index (χ4n) is 5.50. The maximum Gasteiger partial charge on any atom is 0.416 e. The van der Waals surface area contributed by atoms with E-state index in [1.807, 2.05) is 11.8 Å². The van der Waals surface area contributed by atoms with Gasteiger partial charge in [0.2, 0.25) is 0 Å². The summed E-state index contributed by atoms with van der Waals surface area (Å²) in [6.07, 6.45) is -11.7. The number of ether oxygens (including phenoxy) is 2. The third kappa shape index (κ3) is 10.0. The van der Waals surface area contributed by atoms with Gasteiger partial charge in [-0.05, 0) is 80.4 Å². The van der Waals surface area contributed by atoms with Gasteiger partial charge in [-0.3, -0.25) is 9.69 Å². The average molecular weight is 685 g/mol. The van der Waals surface area contributed by atoms with Gasteiger partial charge in [0.25, 0.3) is 0 Å². The van der Waals surface area contributed by atoms with Gasteiger partial charge in [0.05, 0.1) is 35.8 Å². The summed E-state index contributed by atoms with van der Waals surface area (Å²) in [5.74, 6) is 0.193. The number of cyclic esters (lactones) is 1. The van der Waals surface area contributed by atoms with Crippen LogP contribution in [-0.2, 0) is 45.9 Å². The van der Waals surface area contributed by atoms with Gasteiger partial charge < -0.3 is 14.4 Å². The molecule has 2 aromatic rings. The minimum atomic E-state index is -5.10. The molecule has 2 aliphatic rings. The van der Waals surface area contributed by atoms with Crippen LogP contribution >= 0.6 is 0 Å². The van der Waals surface area contributed by atoms with Crippen LogP contribution in [0.15, 0.2) is 36.4 Å². The highest BCUT2D eigenvalue weighted by atomic mass is 19.4. The molecular weight excluding hydrogens is 647 g/mol. The van der Waals surface area contributed by atoms with Crippen LogP contribution in [-0.4, -0.2) is 48.6 Å². The number of nitrogens with zero attached hydrogens (tertiary/aromatic N) is 2. The first-order valence-corrected chi connectivity index (χ1v) is 15.0. The third-order valence-corrected chi connectivity index (χ3v) is 8.32. The van der Waals surface area contributed by atoms with Crippen LogP contribution in [0.4, 0.5) is 44.3 Å². The minimum Gasteiger partial charge on any atom is -0.469 e. The van der Waals surface area contributed by atoms with E-state index in [0.717, 1.165) is 29.9 Å².